The predicted octanol–water partition coefficient (Wildman–Crippen LogP) is 0.868. The summed E-state index contributed by atoms with van der Waals surface area (Å²) >= 11 is 1.95. The van der Waals surface area contributed by atoms with E-state index >= 15 is 0 Å². The van der Waals surface area contributed by atoms with Crippen molar-refractivity contribution in [2.75, 3.05) is 216 Å². The molecule has 0 aliphatic carbocycles. The summed E-state index contributed by atoms with van der Waals surface area (Å²) in [4.78, 5) is 92.9. The van der Waals surface area contributed by atoms with Crippen LogP contribution in [0.2, 0.25) is 0 Å². The first kappa shape index (κ1) is 81.8. The molecule has 11 N–H and O–H groups in total. The van der Waals surface area contributed by atoms with Gasteiger partial charge in [0.25, 0.3) is 0 Å². The van der Waals surface area contributed by atoms with Crippen LogP contribution in [0, 0.1) is 0 Å². The van der Waals surface area contributed by atoms with Crippen LogP contribution in [-0.2, 0) is 71.5 Å². The number of Topliss-reactive ketones (excluding diaryl/α,β-unsaturated/α-hetero) is 4. The van der Waals surface area contributed by atoms with Crippen molar-refractivity contribution < 1.29 is 71.5 Å². The highest BCUT2D eigenvalue weighted by Gasteiger charge is 2.22. The Morgan fingerprint density at radius 3 is 0.988 bits per heavy atom. The van der Waals surface area contributed by atoms with Crippen LogP contribution in [0.1, 0.15) is 117 Å². The quantitative estimate of drug-likeness (QED) is 0.0415. The second kappa shape index (κ2) is 59.8. The number of ketones is 4. The van der Waals surface area contributed by atoms with Crippen LogP contribution in [0.3, 0.4) is 0 Å². The van der Waals surface area contributed by atoms with Gasteiger partial charge in [-0.15, -0.1) is 0 Å². The molecule has 0 rings (SSSR count). The van der Waals surface area contributed by atoms with Gasteiger partial charge < -0.3 is 91.5 Å². The number of carbonyl (C=O) groups excluding carboxylic acids is 7. The Morgan fingerprint density at radius 2 is 0.659 bits per heavy atom. The monoisotopic (exact) mass is 1240 g/mol. The van der Waals surface area contributed by atoms with Crippen molar-refractivity contribution in [3.8, 4) is 0 Å². The molecule has 0 aliphatic rings. The van der Waals surface area contributed by atoms with E-state index in [1.54, 1.807) is 0 Å². The fraction of sp³-hybridized carbons (Fsp3) is 0.881. The molecule has 1 unspecified atom stereocenters. The number of amides is 3. The number of nitrogens with one attached hydrogen (secondary N) is 3. The molecule has 498 valence electrons. The highest BCUT2D eigenvalue weighted by molar-refractivity contribution is 8.00. The number of hydrogen-bond acceptors (Lipinski definition) is 23. The number of rotatable bonds is 67. The number of ether oxygens (including phenoxy) is 8. The minimum absolute atomic E-state index is 0.00868. The molecular formula is C59H116N10O15S. The Balaban J connectivity index is 4.50. The standard InChI is InChI=1S/C59H116N10O15S/c1-4-6-18-59(3,5-2)85-51-25-66-58(76)17-35-77-37-39-79-41-43-81-45-47-83-49-50-84-48-46-82-44-42-80-40-38-78-36-34-69(30-15-56(74)64-23-32-67(26-11-52(70)7-19-60)27-12-53(71)8-20-61)31-16-57(75)65-24-33-68(28-13-54(72)9-21-62)29-14-55(73)10-22-63/h4-51,60-63H2,1-3H3,(H,64,74)(H,65,75)(H,66,76). The molecule has 0 aliphatic heterocycles. The number of nitrogens with zero attached hydrogens (tertiary/aromatic N) is 3. The van der Waals surface area contributed by atoms with Crippen molar-refractivity contribution >= 4 is 52.6 Å². The Morgan fingerprint density at radius 1 is 0.365 bits per heavy atom. The Labute approximate surface area is 513 Å². The van der Waals surface area contributed by atoms with Gasteiger partial charge in [-0.3, -0.25) is 33.6 Å². The van der Waals surface area contributed by atoms with Gasteiger partial charge >= 0.3 is 0 Å². The lowest BCUT2D eigenvalue weighted by atomic mass is 10.0. The molecular weight excluding hydrogens is 1120 g/mol. The van der Waals surface area contributed by atoms with Crippen LogP contribution in [-0.4, -0.2) is 276 Å². The van der Waals surface area contributed by atoms with Gasteiger partial charge in [0.1, 0.15) is 23.1 Å². The SMILES string of the molecule is CCCCC(C)(CC)SCCNC(=O)CCOCCOCCOCCOCCOCCOCCOCCOCCN(CCC(=O)NCCN(CCC(=O)CCN)CCC(=O)CCN)CCC(=O)NCCN(CCC(=O)CCN)CCC(=O)CCN. The molecule has 26 heteroatoms. The number of unbranched alkanes of at least 4 members (excludes halogenated alkanes) is 1. The van der Waals surface area contributed by atoms with E-state index in [0.29, 0.717) is 216 Å². The molecule has 0 saturated carbocycles. The maximum Gasteiger partial charge on any atom is 0.222 e. The van der Waals surface area contributed by atoms with E-state index < -0.39 is 0 Å². The summed E-state index contributed by atoms with van der Waals surface area (Å²) in [5, 5.41) is 8.89. The molecule has 3 amide bonds. The maximum atomic E-state index is 13.1. The van der Waals surface area contributed by atoms with E-state index in [0.717, 1.165) is 12.2 Å². The third kappa shape index (κ3) is 54.7. The van der Waals surface area contributed by atoms with Gasteiger partial charge in [-0.05, 0) is 39.0 Å². The zero-order valence-electron chi connectivity index (χ0n) is 52.6. The first-order valence-electron chi connectivity index (χ1n) is 31.3. The molecule has 0 aromatic rings. The number of carbonyl (C=O) groups is 7. The molecule has 0 saturated heterocycles. The third-order valence-corrected chi connectivity index (χ3v) is 15.2. The van der Waals surface area contributed by atoms with Crippen LogP contribution in [0.15, 0.2) is 0 Å². The molecule has 0 aromatic carbocycles. The van der Waals surface area contributed by atoms with E-state index in [9.17, 15) is 33.6 Å². The highest BCUT2D eigenvalue weighted by Crippen LogP contribution is 2.33. The predicted molar refractivity (Wildman–Crippen MR) is 333 cm³/mol. The van der Waals surface area contributed by atoms with Crippen LogP contribution in [0.5, 0.6) is 0 Å². The van der Waals surface area contributed by atoms with Crippen molar-refractivity contribution in [1.82, 2.24) is 30.7 Å². The summed E-state index contributed by atoms with van der Waals surface area (Å²) in [6.07, 6.45) is 7.83. The summed E-state index contributed by atoms with van der Waals surface area (Å²) < 4.78 is 45.1. The molecule has 0 heterocycles. The lowest BCUT2D eigenvalue weighted by molar-refractivity contribution is -0.123. The van der Waals surface area contributed by atoms with Crippen LogP contribution in [0.4, 0.5) is 0 Å². The summed E-state index contributed by atoms with van der Waals surface area (Å²) in [6, 6.07) is 0. The van der Waals surface area contributed by atoms with Gasteiger partial charge in [0.15, 0.2) is 0 Å². The molecule has 0 aromatic heterocycles. The van der Waals surface area contributed by atoms with Gasteiger partial charge in [0.05, 0.1) is 106 Å². The van der Waals surface area contributed by atoms with E-state index in [1.165, 1.54) is 19.3 Å². The zero-order chi connectivity index (χ0) is 62.7. The van der Waals surface area contributed by atoms with E-state index in [4.69, 9.17) is 60.8 Å². The average molecular weight is 1240 g/mol. The van der Waals surface area contributed by atoms with Crippen molar-refractivity contribution in [2.45, 2.75) is 122 Å². The van der Waals surface area contributed by atoms with Crippen LogP contribution >= 0.6 is 11.8 Å². The topological polar surface area (TPSA) is 343 Å². The van der Waals surface area contributed by atoms with Crippen molar-refractivity contribution in [1.29, 1.82) is 0 Å². The van der Waals surface area contributed by atoms with E-state index in [1.807, 2.05) is 26.5 Å². The summed E-state index contributed by atoms with van der Waals surface area (Å²) in [5.74, 6) is 0.749. The fourth-order valence-corrected chi connectivity index (χ4v) is 9.35. The Bertz CT molecular complexity index is 1570. The smallest absolute Gasteiger partial charge is 0.222 e. The molecule has 85 heavy (non-hydrogen) atoms. The van der Waals surface area contributed by atoms with Gasteiger partial charge in [0.2, 0.25) is 17.7 Å². The maximum absolute atomic E-state index is 13.1. The summed E-state index contributed by atoms with van der Waals surface area (Å²) in [7, 11) is 0. The second-order valence-corrected chi connectivity index (χ2v) is 22.5. The molecule has 0 bridgehead atoms. The Kier molecular flexibility index (Phi) is 57.6. The lowest BCUT2D eigenvalue weighted by Gasteiger charge is -2.27. The molecule has 0 fully saturated rings. The minimum Gasteiger partial charge on any atom is -0.379 e. The minimum atomic E-state index is -0.178. The number of nitrogens with two attached hydrogens (primary N) is 4. The van der Waals surface area contributed by atoms with E-state index in [2.05, 4.69) is 36.7 Å². The molecule has 1 atom stereocenters. The lowest BCUT2D eigenvalue weighted by Crippen LogP contribution is -2.40. The largest absolute Gasteiger partial charge is 0.379 e. The third-order valence-electron chi connectivity index (χ3n) is 13.6. The van der Waals surface area contributed by atoms with Gasteiger partial charge in [0, 0.05) is 160 Å². The summed E-state index contributed by atoms with van der Waals surface area (Å²) in [6.45, 7) is 19.6. The molecule has 0 spiro atoms. The molecule has 0 radical (unpaired) electrons. The molecule has 25 nitrogen and oxygen atoms in total. The summed E-state index contributed by atoms with van der Waals surface area (Å²) in [5.41, 5.74) is 22.2. The van der Waals surface area contributed by atoms with Gasteiger partial charge in [-0.2, -0.15) is 11.8 Å². The van der Waals surface area contributed by atoms with Crippen molar-refractivity contribution in [3.63, 3.8) is 0 Å². The Hall–Kier alpha value is -3.16. The van der Waals surface area contributed by atoms with Gasteiger partial charge in [-0.1, -0.05) is 33.6 Å². The second-order valence-electron chi connectivity index (χ2n) is 20.8. The fourth-order valence-electron chi connectivity index (χ4n) is 8.16. The van der Waals surface area contributed by atoms with Crippen molar-refractivity contribution in [3.05, 3.63) is 0 Å². The number of thioether (sulfide) groups is 1. The highest BCUT2D eigenvalue weighted by atomic mass is 32.2. The van der Waals surface area contributed by atoms with Crippen molar-refractivity contribution in [2.24, 2.45) is 22.9 Å². The first-order chi connectivity index (χ1) is 41.2. The van der Waals surface area contributed by atoms with Gasteiger partial charge in [-0.25, -0.2) is 0 Å². The average Bonchev–Trinajstić information content (AvgIpc) is 3.54. The van der Waals surface area contributed by atoms with E-state index in [-0.39, 0.29) is 110 Å². The number of hydrogen-bond donors (Lipinski definition) is 7. The van der Waals surface area contributed by atoms with Crippen LogP contribution < -0.4 is 38.9 Å². The zero-order valence-corrected chi connectivity index (χ0v) is 53.4. The first-order valence-corrected chi connectivity index (χ1v) is 32.3. The van der Waals surface area contributed by atoms with Crippen LogP contribution in [0.25, 0.3) is 0 Å². The normalized spacial score (nSPS) is 12.3.